The van der Waals surface area contributed by atoms with Crippen LogP contribution in [0.2, 0.25) is 0 Å². The van der Waals surface area contributed by atoms with Crippen molar-refractivity contribution in [1.29, 1.82) is 0 Å². The molecule has 2 N–H and O–H groups in total. The second-order valence-electron chi connectivity index (χ2n) is 5.20. The Bertz CT molecular complexity index is 508. The summed E-state index contributed by atoms with van der Waals surface area (Å²) in [4.78, 5) is 0. The molecular weight excluding hydrogens is 271 g/mol. The third-order valence-electron chi connectivity index (χ3n) is 4.00. The fourth-order valence-corrected chi connectivity index (χ4v) is 2.63. The molecule has 1 unspecified atom stereocenters. The Hall–Kier alpha value is -1.43. The molecule has 2 rings (SSSR count). The summed E-state index contributed by atoms with van der Waals surface area (Å²) in [7, 11) is 2.59. The van der Waals surface area contributed by atoms with Crippen LogP contribution in [0.4, 0.5) is 13.2 Å². The minimum absolute atomic E-state index is 0.145. The summed E-state index contributed by atoms with van der Waals surface area (Å²) in [5.74, 6) is 0.0214. The molecule has 1 aliphatic carbocycles. The van der Waals surface area contributed by atoms with Crippen LogP contribution in [0, 0.1) is 0 Å². The molecule has 0 radical (unpaired) electrons. The molecule has 0 spiro atoms. The maximum absolute atomic E-state index is 13.2. The third kappa shape index (κ3) is 2.32. The van der Waals surface area contributed by atoms with Gasteiger partial charge in [-0.25, -0.2) is 0 Å². The van der Waals surface area contributed by atoms with Gasteiger partial charge >= 0.3 is 6.18 Å². The second kappa shape index (κ2) is 4.84. The average molecular weight is 289 g/mol. The number of halogens is 3. The zero-order valence-electron chi connectivity index (χ0n) is 11.7. The van der Waals surface area contributed by atoms with Crippen LogP contribution in [0.25, 0.3) is 0 Å². The molecule has 1 aromatic carbocycles. The predicted molar refractivity (Wildman–Crippen MR) is 69.1 cm³/mol. The highest BCUT2D eigenvalue weighted by Gasteiger charge is 2.51. The monoisotopic (exact) mass is 289 g/mol. The van der Waals surface area contributed by atoms with Crippen LogP contribution in [0.1, 0.15) is 30.9 Å². The van der Waals surface area contributed by atoms with Gasteiger partial charge in [0.05, 0.1) is 14.2 Å². The lowest BCUT2D eigenvalue weighted by molar-refractivity contribution is -0.139. The van der Waals surface area contributed by atoms with E-state index in [1.807, 2.05) is 0 Å². The van der Waals surface area contributed by atoms with E-state index >= 15 is 0 Å². The minimum Gasteiger partial charge on any atom is -0.497 e. The van der Waals surface area contributed by atoms with Gasteiger partial charge in [0.15, 0.2) is 0 Å². The summed E-state index contributed by atoms with van der Waals surface area (Å²) in [6.07, 6.45) is -2.99. The molecule has 112 valence electrons. The number of ether oxygens (including phenoxy) is 2. The molecule has 1 saturated carbocycles. The van der Waals surface area contributed by atoms with Crippen molar-refractivity contribution >= 4 is 0 Å². The van der Waals surface area contributed by atoms with Crippen LogP contribution in [0.15, 0.2) is 12.1 Å². The number of hydrogen-bond donors (Lipinski definition) is 1. The van der Waals surface area contributed by atoms with Crippen LogP contribution in [-0.4, -0.2) is 20.3 Å². The van der Waals surface area contributed by atoms with Gasteiger partial charge in [-0.15, -0.1) is 0 Å². The smallest absolute Gasteiger partial charge is 0.420 e. The third-order valence-corrected chi connectivity index (χ3v) is 4.00. The Morgan fingerprint density at radius 2 is 1.80 bits per heavy atom. The van der Waals surface area contributed by atoms with E-state index in [1.165, 1.54) is 14.2 Å². The van der Waals surface area contributed by atoms with Crippen molar-refractivity contribution in [3.05, 3.63) is 23.3 Å². The van der Waals surface area contributed by atoms with Gasteiger partial charge in [0.1, 0.15) is 17.1 Å². The van der Waals surface area contributed by atoms with E-state index in [1.54, 1.807) is 13.0 Å². The van der Waals surface area contributed by atoms with Crippen molar-refractivity contribution in [2.75, 3.05) is 14.2 Å². The Kier molecular flexibility index (Phi) is 3.62. The quantitative estimate of drug-likeness (QED) is 0.926. The molecule has 6 heteroatoms. The van der Waals surface area contributed by atoms with Gasteiger partial charge in [-0.3, -0.25) is 0 Å². The van der Waals surface area contributed by atoms with E-state index in [0.29, 0.717) is 5.56 Å². The highest BCUT2D eigenvalue weighted by atomic mass is 19.4. The molecule has 1 aliphatic rings. The standard InChI is InChI=1S/C14H18F3NO2/c1-8(18)13(4-5-13)10-6-9(19-2)7-11(12(10)20-3)14(15,16)17/h6-8H,4-5,18H2,1-3H3. The molecule has 3 nitrogen and oxygen atoms in total. The molecule has 1 fully saturated rings. The zero-order valence-corrected chi connectivity index (χ0v) is 11.7. The molecule has 0 aliphatic heterocycles. The van der Waals surface area contributed by atoms with Crippen LogP contribution in [-0.2, 0) is 11.6 Å². The van der Waals surface area contributed by atoms with Crippen LogP contribution < -0.4 is 15.2 Å². The first-order valence-corrected chi connectivity index (χ1v) is 6.35. The van der Waals surface area contributed by atoms with Gasteiger partial charge in [0.2, 0.25) is 0 Å². The first kappa shape index (κ1) is 15.0. The average Bonchev–Trinajstić information content (AvgIpc) is 3.17. The van der Waals surface area contributed by atoms with E-state index in [4.69, 9.17) is 15.2 Å². The number of rotatable bonds is 4. The Morgan fingerprint density at radius 3 is 2.15 bits per heavy atom. The summed E-state index contributed by atoms with van der Waals surface area (Å²) < 4.78 is 49.6. The zero-order chi connectivity index (χ0) is 15.1. The molecule has 0 bridgehead atoms. The molecule has 1 aromatic rings. The van der Waals surface area contributed by atoms with Gasteiger partial charge in [-0.05, 0) is 31.9 Å². The lowest BCUT2D eigenvalue weighted by Gasteiger charge is -2.25. The first-order valence-electron chi connectivity index (χ1n) is 6.35. The van der Waals surface area contributed by atoms with E-state index < -0.39 is 17.2 Å². The summed E-state index contributed by atoms with van der Waals surface area (Å²) >= 11 is 0. The van der Waals surface area contributed by atoms with Gasteiger partial charge in [-0.1, -0.05) is 0 Å². The maximum Gasteiger partial charge on any atom is 0.420 e. The van der Waals surface area contributed by atoms with E-state index in [9.17, 15) is 13.2 Å². The van der Waals surface area contributed by atoms with Crippen molar-refractivity contribution in [1.82, 2.24) is 0 Å². The number of hydrogen-bond acceptors (Lipinski definition) is 3. The highest BCUT2D eigenvalue weighted by Crippen LogP contribution is 2.56. The van der Waals surface area contributed by atoms with Crippen molar-refractivity contribution < 1.29 is 22.6 Å². The minimum atomic E-state index is -4.50. The SMILES string of the molecule is COc1cc(C(F)(F)F)c(OC)c(C2(C(C)N)CC2)c1. The molecule has 0 saturated heterocycles. The molecule has 1 atom stereocenters. The highest BCUT2D eigenvalue weighted by molar-refractivity contribution is 5.54. The Morgan fingerprint density at radius 1 is 1.20 bits per heavy atom. The molecular formula is C14H18F3NO2. The number of methoxy groups -OCH3 is 2. The largest absolute Gasteiger partial charge is 0.497 e. The molecule has 0 aromatic heterocycles. The van der Waals surface area contributed by atoms with E-state index in [0.717, 1.165) is 18.9 Å². The van der Waals surface area contributed by atoms with Crippen LogP contribution in [0.5, 0.6) is 11.5 Å². The Labute approximate surface area is 115 Å². The van der Waals surface area contributed by atoms with Crippen molar-refractivity contribution in [2.24, 2.45) is 5.73 Å². The van der Waals surface area contributed by atoms with Crippen LogP contribution in [0.3, 0.4) is 0 Å². The second-order valence-corrected chi connectivity index (χ2v) is 5.20. The maximum atomic E-state index is 13.2. The lowest BCUT2D eigenvalue weighted by Crippen LogP contribution is -2.32. The summed E-state index contributed by atoms with van der Waals surface area (Å²) in [5, 5.41) is 0. The predicted octanol–water partition coefficient (Wildman–Crippen LogP) is 3.10. The summed E-state index contributed by atoms with van der Waals surface area (Å²) in [6.45, 7) is 1.80. The molecule has 0 heterocycles. The van der Waals surface area contributed by atoms with Crippen LogP contribution >= 0.6 is 0 Å². The number of alkyl halides is 3. The van der Waals surface area contributed by atoms with Gasteiger partial charge < -0.3 is 15.2 Å². The van der Waals surface area contributed by atoms with E-state index in [-0.39, 0.29) is 17.5 Å². The lowest BCUT2D eigenvalue weighted by atomic mass is 9.87. The van der Waals surface area contributed by atoms with Crippen molar-refractivity contribution in [3.8, 4) is 11.5 Å². The normalized spacial score (nSPS) is 18.6. The Balaban J connectivity index is 2.67. The molecule has 0 amide bonds. The topological polar surface area (TPSA) is 44.5 Å². The summed E-state index contributed by atoms with van der Waals surface area (Å²) in [5.41, 5.74) is 5.19. The molecule has 20 heavy (non-hydrogen) atoms. The number of benzene rings is 1. The summed E-state index contributed by atoms with van der Waals surface area (Å²) in [6, 6.07) is 2.31. The number of nitrogens with two attached hydrogens (primary N) is 1. The fourth-order valence-electron chi connectivity index (χ4n) is 2.63. The van der Waals surface area contributed by atoms with Crippen molar-refractivity contribution in [2.45, 2.75) is 37.4 Å². The van der Waals surface area contributed by atoms with Gasteiger partial charge in [0, 0.05) is 17.0 Å². The van der Waals surface area contributed by atoms with E-state index in [2.05, 4.69) is 0 Å². The van der Waals surface area contributed by atoms with Crippen molar-refractivity contribution in [3.63, 3.8) is 0 Å². The fraction of sp³-hybridized carbons (Fsp3) is 0.571. The van der Waals surface area contributed by atoms with Gasteiger partial charge in [0.25, 0.3) is 0 Å². The first-order chi connectivity index (χ1) is 9.26. The van der Waals surface area contributed by atoms with Gasteiger partial charge in [-0.2, -0.15) is 13.2 Å².